The Balaban J connectivity index is 1.80. The Labute approximate surface area is 146 Å². The molecular formula is C16H23N5O2S. The van der Waals surface area contributed by atoms with E-state index in [4.69, 9.17) is 5.26 Å². The van der Waals surface area contributed by atoms with Crippen molar-refractivity contribution in [3.05, 3.63) is 17.0 Å². The number of rotatable bonds is 5. The summed E-state index contributed by atoms with van der Waals surface area (Å²) in [5, 5.41) is 14.2. The average Bonchev–Trinajstić information content (AvgIpc) is 2.87. The van der Waals surface area contributed by atoms with Crippen molar-refractivity contribution < 1.29 is 9.59 Å². The van der Waals surface area contributed by atoms with Crippen LogP contribution in [0.3, 0.4) is 0 Å². The number of carbonyl (C=O) groups is 2. The lowest BCUT2D eigenvalue weighted by atomic mass is 10.3. The summed E-state index contributed by atoms with van der Waals surface area (Å²) in [7, 11) is 3.52. The van der Waals surface area contributed by atoms with E-state index in [2.05, 4.69) is 21.2 Å². The quantitative estimate of drug-likeness (QED) is 0.844. The summed E-state index contributed by atoms with van der Waals surface area (Å²) in [5.74, 6) is -0.00492. The number of nitrogens with one attached hydrogen (secondary N) is 1. The zero-order valence-corrected chi connectivity index (χ0v) is 14.9. The number of hydrogen-bond acceptors (Lipinski definition) is 6. The highest BCUT2D eigenvalue weighted by Gasteiger charge is 2.19. The number of nitrogens with zero attached hydrogens (tertiary/aromatic N) is 4. The molecule has 1 aromatic rings. The minimum absolute atomic E-state index is 0.0999. The molecule has 0 saturated carbocycles. The largest absolute Gasteiger partial charge is 0.348 e. The third kappa shape index (κ3) is 5.30. The van der Waals surface area contributed by atoms with Crippen LogP contribution < -0.4 is 5.32 Å². The van der Waals surface area contributed by atoms with Crippen molar-refractivity contribution in [2.45, 2.75) is 6.42 Å². The monoisotopic (exact) mass is 349 g/mol. The maximum Gasteiger partial charge on any atom is 0.239 e. The Kier molecular flexibility index (Phi) is 6.73. The molecule has 2 amide bonds. The van der Waals surface area contributed by atoms with Gasteiger partial charge < -0.3 is 10.2 Å². The van der Waals surface area contributed by atoms with Crippen molar-refractivity contribution in [2.75, 3.05) is 58.7 Å². The number of anilines is 1. The first-order valence-corrected chi connectivity index (χ1v) is 8.80. The SMILES string of the molecule is CN(C)C(=O)CN1CCCN(CC(=O)Nc2sccc2C#N)CC1. The average molecular weight is 349 g/mol. The first kappa shape index (κ1) is 18.4. The van der Waals surface area contributed by atoms with E-state index in [1.807, 2.05) is 0 Å². The molecule has 0 atom stereocenters. The molecule has 0 radical (unpaired) electrons. The summed E-state index contributed by atoms with van der Waals surface area (Å²) in [6.45, 7) is 3.95. The highest BCUT2D eigenvalue weighted by molar-refractivity contribution is 7.14. The molecule has 1 aliphatic rings. The molecule has 0 aromatic carbocycles. The number of hydrogen-bond donors (Lipinski definition) is 1. The third-order valence-electron chi connectivity index (χ3n) is 3.94. The molecule has 1 saturated heterocycles. The molecule has 1 aromatic heterocycles. The standard InChI is InChI=1S/C16H23N5O2S/c1-19(2)15(23)12-21-6-3-5-20(7-8-21)11-14(22)18-16-13(10-17)4-9-24-16/h4,9H,3,5-8,11-12H2,1-2H3,(H,18,22). The number of likely N-dealkylation sites (N-methyl/N-ethyl adjacent to an activating group) is 1. The molecule has 130 valence electrons. The Morgan fingerprint density at radius 3 is 2.54 bits per heavy atom. The van der Waals surface area contributed by atoms with Crippen molar-refractivity contribution >= 4 is 28.2 Å². The molecular weight excluding hydrogens is 326 g/mol. The maximum atomic E-state index is 12.2. The Morgan fingerprint density at radius 2 is 1.92 bits per heavy atom. The Hall–Kier alpha value is -1.95. The Bertz CT molecular complexity index is 622. The van der Waals surface area contributed by atoms with E-state index in [0.717, 1.165) is 32.6 Å². The van der Waals surface area contributed by atoms with E-state index >= 15 is 0 Å². The van der Waals surface area contributed by atoms with Gasteiger partial charge in [0.15, 0.2) is 0 Å². The van der Waals surface area contributed by atoms with Crippen molar-refractivity contribution in [1.82, 2.24) is 14.7 Å². The van der Waals surface area contributed by atoms with Gasteiger partial charge in [0.2, 0.25) is 11.8 Å². The molecule has 1 aliphatic heterocycles. The normalized spacial score (nSPS) is 16.2. The number of amides is 2. The fourth-order valence-corrected chi connectivity index (χ4v) is 3.29. The zero-order valence-electron chi connectivity index (χ0n) is 14.1. The fourth-order valence-electron chi connectivity index (χ4n) is 2.54. The minimum Gasteiger partial charge on any atom is -0.348 e. The fraction of sp³-hybridized carbons (Fsp3) is 0.562. The van der Waals surface area contributed by atoms with Gasteiger partial charge in [-0.05, 0) is 31.0 Å². The number of thiophene rings is 1. The molecule has 0 aliphatic carbocycles. The summed E-state index contributed by atoms with van der Waals surface area (Å²) < 4.78 is 0. The van der Waals surface area contributed by atoms with Gasteiger partial charge in [0.1, 0.15) is 11.1 Å². The second kappa shape index (κ2) is 8.78. The number of nitriles is 1. The van der Waals surface area contributed by atoms with Crippen molar-refractivity contribution in [3.8, 4) is 6.07 Å². The summed E-state index contributed by atoms with van der Waals surface area (Å²) in [4.78, 5) is 29.8. The zero-order chi connectivity index (χ0) is 17.5. The van der Waals surface area contributed by atoms with Crippen LogP contribution in [0.1, 0.15) is 12.0 Å². The van der Waals surface area contributed by atoms with E-state index in [-0.39, 0.29) is 11.8 Å². The second-order valence-electron chi connectivity index (χ2n) is 6.02. The van der Waals surface area contributed by atoms with Crippen LogP contribution in [0.2, 0.25) is 0 Å². The van der Waals surface area contributed by atoms with E-state index in [1.165, 1.54) is 11.3 Å². The lowest BCUT2D eigenvalue weighted by Gasteiger charge is -2.22. The van der Waals surface area contributed by atoms with Crippen molar-refractivity contribution in [3.63, 3.8) is 0 Å². The van der Waals surface area contributed by atoms with E-state index in [1.54, 1.807) is 30.4 Å². The van der Waals surface area contributed by atoms with Gasteiger partial charge in [-0.3, -0.25) is 19.4 Å². The first-order chi connectivity index (χ1) is 11.5. The van der Waals surface area contributed by atoms with Gasteiger partial charge in [-0.1, -0.05) is 0 Å². The molecule has 1 N–H and O–H groups in total. The molecule has 2 rings (SSSR count). The van der Waals surface area contributed by atoms with Crippen LogP contribution in [-0.2, 0) is 9.59 Å². The van der Waals surface area contributed by atoms with Crippen LogP contribution in [0, 0.1) is 11.3 Å². The van der Waals surface area contributed by atoms with Gasteiger partial charge in [0.25, 0.3) is 0 Å². The lowest BCUT2D eigenvalue weighted by molar-refractivity contribution is -0.129. The summed E-state index contributed by atoms with van der Waals surface area (Å²) in [6.07, 6.45) is 0.927. The lowest BCUT2D eigenvalue weighted by Crippen LogP contribution is -2.39. The van der Waals surface area contributed by atoms with Crippen LogP contribution in [0.4, 0.5) is 5.00 Å². The molecule has 0 spiro atoms. The van der Waals surface area contributed by atoms with Gasteiger partial charge in [-0.15, -0.1) is 11.3 Å². The van der Waals surface area contributed by atoms with Gasteiger partial charge in [-0.25, -0.2) is 0 Å². The molecule has 7 nitrogen and oxygen atoms in total. The summed E-state index contributed by atoms with van der Waals surface area (Å²) >= 11 is 1.36. The predicted octanol–water partition coefficient (Wildman–Crippen LogP) is 0.654. The molecule has 0 unspecified atom stereocenters. The second-order valence-corrected chi connectivity index (χ2v) is 6.93. The highest BCUT2D eigenvalue weighted by Crippen LogP contribution is 2.21. The topological polar surface area (TPSA) is 79.7 Å². The van der Waals surface area contributed by atoms with Crippen LogP contribution in [0.5, 0.6) is 0 Å². The van der Waals surface area contributed by atoms with Crippen LogP contribution in [0.25, 0.3) is 0 Å². The third-order valence-corrected chi connectivity index (χ3v) is 4.77. The predicted molar refractivity (Wildman–Crippen MR) is 93.9 cm³/mol. The minimum atomic E-state index is -0.105. The van der Waals surface area contributed by atoms with Crippen molar-refractivity contribution in [2.24, 2.45) is 0 Å². The Morgan fingerprint density at radius 1 is 1.25 bits per heavy atom. The van der Waals surface area contributed by atoms with E-state index < -0.39 is 0 Å². The summed E-state index contributed by atoms with van der Waals surface area (Å²) in [5.41, 5.74) is 0.498. The summed E-state index contributed by atoms with van der Waals surface area (Å²) in [6, 6.07) is 3.77. The van der Waals surface area contributed by atoms with E-state index in [0.29, 0.717) is 23.7 Å². The van der Waals surface area contributed by atoms with Gasteiger partial charge >= 0.3 is 0 Å². The molecule has 8 heteroatoms. The molecule has 1 fully saturated rings. The first-order valence-electron chi connectivity index (χ1n) is 7.92. The van der Waals surface area contributed by atoms with Crippen molar-refractivity contribution in [1.29, 1.82) is 5.26 Å². The van der Waals surface area contributed by atoms with Crippen LogP contribution in [0.15, 0.2) is 11.4 Å². The van der Waals surface area contributed by atoms with Crippen LogP contribution in [-0.4, -0.2) is 79.9 Å². The molecule has 0 bridgehead atoms. The maximum absolute atomic E-state index is 12.2. The van der Waals surface area contributed by atoms with Gasteiger partial charge in [0, 0.05) is 27.2 Å². The highest BCUT2D eigenvalue weighted by atomic mass is 32.1. The smallest absolute Gasteiger partial charge is 0.239 e. The molecule has 2 heterocycles. The van der Waals surface area contributed by atoms with E-state index in [9.17, 15) is 9.59 Å². The van der Waals surface area contributed by atoms with Gasteiger partial charge in [0.05, 0.1) is 18.7 Å². The van der Waals surface area contributed by atoms with Crippen LogP contribution >= 0.6 is 11.3 Å². The number of carbonyl (C=O) groups excluding carboxylic acids is 2. The molecule has 24 heavy (non-hydrogen) atoms. The van der Waals surface area contributed by atoms with Gasteiger partial charge in [-0.2, -0.15) is 5.26 Å².